The first-order valence-corrected chi connectivity index (χ1v) is 8.05. The number of halogens is 1. The topological polar surface area (TPSA) is 31.4 Å². The minimum absolute atomic E-state index is 0.379. The summed E-state index contributed by atoms with van der Waals surface area (Å²) in [6, 6.07) is 5.96. The van der Waals surface area contributed by atoms with Crippen molar-refractivity contribution in [3.05, 3.63) is 35.0 Å². The summed E-state index contributed by atoms with van der Waals surface area (Å²) in [4.78, 5) is 4.61. The van der Waals surface area contributed by atoms with Gasteiger partial charge in [0.2, 0.25) is 0 Å². The van der Waals surface area contributed by atoms with E-state index in [-0.39, 0.29) is 11.2 Å². The molecule has 2 aromatic rings. The van der Waals surface area contributed by atoms with E-state index in [2.05, 4.69) is 18.0 Å². The first-order valence-electron chi connectivity index (χ1n) is 7.67. The van der Waals surface area contributed by atoms with Gasteiger partial charge in [0.05, 0.1) is 16.7 Å². The lowest BCUT2D eigenvalue weighted by Crippen LogP contribution is -2.41. The second kappa shape index (κ2) is 5.22. The van der Waals surface area contributed by atoms with Gasteiger partial charge in [-0.1, -0.05) is 18.5 Å². The number of rotatable bonds is 2. The van der Waals surface area contributed by atoms with Crippen molar-refractivity contribution >= 4 is 35.1 Å². The zero-order valence-electron chi connectivity index (χ0n) is 13.7. The van der Waals surface area contributed by atoms with Crippen LogP contribution in [0.25, 0.3) is 10.9 Å². The van der Waals surface area contributed by atoms with Gasteiger partial charge in [0, 0.05) is 22.1 Å². The van der Waals surface area contributed by atoms with E-state index in [1.54, 1.807) is 0 Å². The van der Waals surface area contributed by atoms with Crippen LogP contribution in [-0.4, -0.2) is 23.3 Å². The predicted octanol–water partition coefficient (Wildman–Crippen LogP) is 3.75. The van der Waals surface area contributed by atoms with Gasteiger partial charge in [-0.25, -0.2) is 0 Å². The van der Waals surface area contributed by atoms with Crippen LogP contribution in [-0.2, 0) is 15.7 Å². The van der Waals surface area contributed by atoms with Crippen LogP contribution in [0.2, 0.25) is 5.02 Å². The van der Waals surface area contributed by atoms with Crippen LogP contribution in [0.4, 0.5) is 0 Å². The highest BCUT2D eigenvalue weighted by Crippen LogP contribution is 2.37. The van der Waals surface area contributed by atoms with E-state index in [1.807, 2.05) is 46.0 Å². The average molecular weight is 318 g/mol. The van der Waals surface area contributed by atoms with Crippen LogP contribution in [0.15, 0.2) is 24.4 Å². The third-order valence-corrected chi connectivity index (χ3v) is 4.97. The molecule has 1 aromatic carbocycles. The van der Waals surface area contributed by atoms with Crippen LogP contribution in [0, 0.1) is 0 Å². The van der Waals surface area contributed by atoms with E-state index in [0.717, 1.165) is 22.8 Å². The van der Waals surface area contributed by atoms with Gasteiger partial charge in [0.15, 0.2) is 0 Å². The summed E-state index contributed by atoms with van der Waals surface area (Å²) in [5, 5.41) is 1.70. The number of aryl methyl sites for hydroxylation is 1. The molecule has 1 fully saturated rings. The van der Waals surface area contributed by atoms with Crippen molar-refractivity contribution in [1.82, 2.24) is 4.98 Å². The van der Waals surface area contributed by atoms with E-state index in [9.17, 15) is 0 Å². The van der Waals surface area contributed by atoms with Crippen LogP contribution >= 0.6 is 11.6 Å². The Morgan fingerprint density at radius 2 is 1.73 bits per heavy atom. The predicted molar refractivity (Wildman–Crippen MR) is 91.8 cm³/mol. The monoisotopic (exact) mass is 317 g/mol. The molecule has 0 amide bonds. The second-order valence-electron chi connectivity index (χ2n) is 6.85. The Morgan fingerprint density at radius 1 is 1.09 bits per heavy atom. The highest BCUT2D eigenvalue weighted by atomic mass is 35.5. The molecule has 1 aliphatic rings. The highest BCUT2D eigenvalue weighted by Gasteiger charge is 2.52. The summed E-state index contributed by atoms with van der Waals surface area (Å²) >= 11 is 6.30. The molecule has 0 radical (unpaired) electrons. The smallest absolute Gasteiger partial charge is 0.399 e. The Kier molecular flexibility index (Phi) is 3.75. The molecule has 0 aliphatic carbocycles. The zero-order chi connectivity index (χ0) is 16.1. The van der Waals surface area contributed by atoms with Crippen molar-refractivity contribution in [1.29, 1.82) is 0 Å². The van der Waals surface area contributed by atoms with Crippen molar-refractivity contribution in [2.75, 3.05) is 0 Å². The number of pyridine rings is 1. The molecule has 3 nitrogen and oxygen atoms in total. The van der Waals surface area contributed by atoms with Crippen molar-refractivity contribution in [2.45, 2.75) is 52.2 Å². The summed E-state index contributed by atoms with van der Waals surface area (Å²) in [6.45, 7) is 10.3. The minimum Gasteiger partial charge on any atom is -0.399 e. The molecule has 0 atom stereocenters. The molecular formula is C17H21BClNO2. The van der Waals surface area contributed by atoms with Crippen LogP contribution in [0.1, 0.15) is 40.2 Å². The summed E-state index contributed by atoms with van der Waals surface area (Å²) in [5.41, 5.74) is 2.21. The first kappa shape index (κ1) is 15.8. The fraction of sp³-hybridized carbons (Fsp3) is 0.471. The summed E-state index contributed by atoms with van der Waals surface area (Å²) in [7, 11) is -0.453. The fourth-order valence-electron chi connectivity index (χ4n) is 2.63. The molecule has 0 spiro atoms. The van der Waals surface area contributed by atoms with Gasteiger partial charge in [0.25, 0.3) is 0 Å². The molecule has 22 heavy (non-hydrogen) atoms. The summed E-state index contributed by atoms with van der Waals surface area (Å²) < 4.78 is 12.3. The van der Waals surface area contributed by atoms with E-state index >= 15 is 0 Å². The highest BCUT2D eigenvalue weighted by molar-refractivity contribution is 6.65. The standard InChI is InChI=1S/C17H21BClNO2/c1-6-11-7-12-8-13(19)9-14(15(12)20-10-11)18-21-16(2,3)17(4,5)22-18/h7-10H,6H2,1-5H3. The fourth-order valence-corrected chi connectivity index (χ4v) is 2.86. The number of hydrogen-bond donors (Lipinski definition) is 0. The van der Waals surface area contributed by atoms with Gasteiger partial charge >= 0.3 is 7.12 Å². The summed E-state index contributed by atoms with van der Waals surface area (Å²) in [5.74, 6) is 0. The molecule has 0 N–H and O–H groups in total. The van der Waals surface area contributed by atoms with Gasteiger partial charge < -0.3 is 9.31 Å². The SMILES string of the molecule is CCc1cnc2c(B3OC(C)(C)C(C)(C)O3)cc(Cl)cc2c1. The van der Waals surface area contributed by atoms with Crippen LogP contribution < -0.4 is 5.46 Å². The number of aromatic nitrogens is 1. The lowest BCUT2D eigenvalue weighted by molar-refractivity contribution is 0.00578. The van der Waals surface area contributed by atoms with E-state index in [4.69, 9.17) is 20.9 Å². The maximum atomic E-state index is 6.30. The second-order valence-corrected chi connectivity index (χ2v) is 7.29. The number of fused-ring (bicyclic) bond motifs is 1. The molecule has 116 valence electrons. The molecule has 3 rings (SSSR count). The molecule has 2 heterocycles. The lowest BCUT2D eigenvalue weighted by atomic mass is 9.77. The molecule has 1 saturated heterocycles. The maximum absolute atomic E-state index is 6.30. The Bertz CT molecular complexity index is 714. The number of hydrogen-bond acceptors (Lipinski definition) is 3. The normalized spacial score (nSPS) is 19.8. The Morgan fingerprint density at radius 3 is 2.32 bits per heavy atom. The van der Waals surface area contributed by atoms with Gasteiger partial charge in [-0.05, 0) is 57.9 Å². The zero-order valence-corrected chi connectivity index (χ0v) is 14.5. The summed E-state index contributed by atoms with van der Waals surface area (Å²) in [6.07, 6.45) is 2.85. The van der Waals surface area contributed by atoms with Crippen molar-refractivity contribution < 1.29 is 9.31 Å². The third kappa shape index (κ3) is 2.53. The third-order valence-electron chi connectivity index (χ3n) is 4.75. The Hall–Kier alpha value is -1.10. The molecule has 1 aromatic heterocycles. The van der Waals surface area contributed by atoms with Crippen molar-refractivity contribution in [2.24, 2.45) is 0 Å². The number of benzene rings is 1. The van der Waals surface area contributed by atoms with Crippen molar-refractivity contribution in [3.63, 3.8) is 0 Å². The molecule has 0 saturated carbocycles. The Labute approximate surface area is 137 Å². The molecular weight excluding hydrogens is 296 g/mol. The van der Waals surface area contributed by atoms with E-state index < -0.39 is 7.12 Å². The van der Waals surface area contributed by atoms with Crippen LogP contribution in [0.3, 0.4) is 0 Å². The average Bonchev–Trinajstić information content (AvgIpc) is 2.65. The molecule has 0 unspecified atom stereocenters. The first-order chi connectivity index (χ1) is 10.2. The quantitative estimate of drug-likeness (QED) is 0.791. The number of nitrogens with zero attached hydrogens (tertiary/aromatic N) is 1. The van der Waals surface area contributed by atoms with Crippen molar-refractivity contribution in [3.8, 4) is 0 Å². The lowest BCUT2D eigenvalue weighted by Gasteiger charge is -2.32. The van der Waals surface area contributed by atoms with E-state index in [1.165, 1.54) is 5.56 Å². The van der Waals surface area contributed by atoms with Gasteiger partial charge in [-0.2, -0.15) is 0 Å². The maximum Gasteiger partial charge on any atom is 0.497 e. The molecule has 5 heteroatoms. The Balaban J connectivity index is 2.12. The van der Waals surface area contributed by atoms with Gasteiger partial charge in [-0.3, -0.25) is 4.98 Å². The molecule has 0 bridgehead atoms. The van der Waals surface area contributed by atoms with Gasteiger partial charge in [-0.15, -0.1) is 0 Å². The van der Waals surface area contributed by atoms with Gasteiger partial charge in [0.1, 0.15) is 0 Å². The largest absolute Gasteiger partial charge is 0.497 e. The minimum atomic E-state index is -0.453. The molecule has 1 aliphatic heterocycles. The van der Waals surface area contributed by atoms with E-state index in [0.29, 0.717) is 5.02 Å². The van der Waals surface area contributed by atoms with Crippen LogP contribution in [0.5, 0.6) is 0 Å².